The smallest absolute Gasteiger partial charge is 0.359 e. The fourth-order valence-electron chi connectivity index (χ4n) is 2.52. The van der Waals surface area contributed by atoms with Gasteiger partial charge in [-0.3, -0.25) is 9.78 Å². The molecule has 0 fully saturated rings. The summed E-state index contributed by atoms with van der Waals surface area (Å²) >= 11 is 0. The van der Waals surface area contributed by atoms with Crippen LogP contribution in [-0.2, 0) is 4.74 Å². The molecule has 0 bridgehead atoms. The first-order valence-electron chi connectivity index (χ1n) is 8.19. The number of benzene rings is 2. The third kappa shape index (κ3) is 3.83. The van der Waals surface area contributed by atoms with Crippen LogP contribution in [0.3, 0.4) is 0 Å². The van der Waals surface area contributed by atoms with Crippen LogP contribution in [0, 0.1) is 13.8 Å². The first-order valence-corrected chi connectivity index (χ1v) is 8.19. The average molecular weight is 346 g/mol. The van der Waals surface area contributed by atoms with Gasteiger partial charge in [-0.15, -0.1) is 0 Å². The second kappa shape index (κ2) is 7.70. The lowest BCUT2D eigenvalue weighted by Gasteiger charge is -2.17. The van der Waals surface area contributed by atoms with E-state index < -0.39 is 12.1 Å². The van der Waals surface area contributed by atoms with E-state index in [1.807, 2.05) is 32.0 Å². The third-order valence-corrected chi connectivity index (χ3v) is 4.13. The zero-order valence-corrected chi connectivity index (χ0v) is 14.5. The van der Waals surface area contributed by atoms with E-state index in [-0.39, 0.29) is 11.5 Å². The molecule has 0 saturated heterocycles. The molecule has 5 heteroatoms. The number of carbonyl (C=O) groups is 2. The number of carbonyl (C=O) groups excluding carboxylic acids is 2. The number of Topliss-reactive ketones (excluding diaryl/α,β-unsaturated/α-hetero) is 1. The number of ketones is 1. The van der Waals surface area contributed by atoms with Crippen LogP contribution in [0.25, 0.3) is 0 Å². The van der Waals surface area contributed by atoms with Gasteiger partial charge >= 0.3 is 5.97 Å². The highest BCUT2D eigenvalue weighted by Gasteiger charge is 2.27. The molecular weight excluding hydrogens is 328 g/mol. The van der Waals surface area contributed by atoms with Crippen molar-refractivity contribution in [2.75, 3.05) is 0 Å². The maximum atomic E-state index is 13.1. The summed E-state index contributed by atoms with van der Waals surface area (Å²) in [5.74, 6) is -0.972. The van der Waals surface area contributed by atoms with E-state index >= 15 is 0 Å². The van der Waals surface area contributed by atoms with Crippen LogP contribution in [0.15, 0.2) is 67.1 Å². The van der Waals surface area contributed by atoms with Crippen LogP contribution >= 0.6 is 0 Å². The van der Waals surface area contributed by atoms with Gasteiger partial charge in [0, 0.05) is 23.5 Å². The minimum Gasteiger partial charge on any atom is -0.444 e. The predicted molar refractivity (Wildman–Crippen MR) is 96.9 cm³/mol. The van der Waals surface area contributed by atoms with Gasteiger partial charge in [0.05, 0.1) is 6.20 Å². The molecule has 1 atom stereocenters. The fraction of sp³-hybridized carbons (Fsp3) is 0.143. The Morgan fingerprint density at radius 1 is 0.962 bits per heavy atom. The highest BCUT2D eigenvalue weighted by Crippen LogP contribution is 2.24. The Labute approximate surface area is 151 Å². The highest BCUT2D eigenvalue weighted by molar-refractivity contribution is 6.02. The van der Waals surface area contributed by atoms with Crippen LogP contribution in [0.5, 0.6) is 0 Å². The number of nitrogens with zero attached hydrogens (tertiary/aromatic N) is 2. The second-order valence-corrected chi connectivity index (χ2v) is 5.95. The van der Waals surface area contributed by atoms with E-state index in [1.54, 1.807) is 30.3 Å². The number of hydrogen-bond donors (Lipinski definition) is 0. The van der Waals surface area contributed by atoms with Crippen molar-refractivity contribution in [1.29, 1.82) is 0 Å². The molecule has 0 spiro atoms. The van der Waals surface area contributed by atoms with Gasteiger partial charge in [-0.05, 0) is 31.0 Å². The van der Waals surface area contributed by atoms with Gasteiger partial charge in [0.25, 0.3) is 0 Å². The quantitative estimate of drug-likeness (QED) is 0.518. The fourth-order valence-corrected chi connectivity index (χ4v) is 2.52. The molecule has 0 N–H and O–H groups in total. The van der Waals surface area contributed by atoms with Crippen molar-refractivity contribution in [3.63, 3.8) is 0 Å². The van der Waals surface area contributed by atoms with E-state index in [0.717, 1.165) is 11.1 Å². The standard InChI is InChI=1S/C21H18N2O3/c1-14-8-9-17(12-15(14)2)19(24)20(16-6-4-3-5-7-16)26-21(25)18-13-22-10-11-23-18/h3-13,20H,1-2H3/t20-/m1/s1. The maximum absolute atomic E-state index is 13.1. The number of esters is 1. The number of aryl methyl sites for hydroxylation is 2. The van der Waals surface area contributed by atoms with Gasteiger partial charge in [0.15, 0.2) is 11.8 Å². The van der Waals surface area contributed by atoms with Gasteiger partial charge in [-0.2, -0.15) is 0 Å². The average Bonchev–Trinajstić information content (AvgIpc) is 2.69. The Hall–Kier alpha value is -3.34. The molecule has 0 aliphatic rings. The Morgan fingerprint density at radius 3 is 2.38 bits per heavy atom. The monoisotopic (exact) mass is 346 g/mol. The topological polar surface area (TPSA) is 69.2 Å². The molecule has 0 amide bonds. The minimum atomic E-state index is -1.05. The normalized spacial score (nSPS) is 11.6. The molecule has 5 nitrogen and oxygen atoms in total. The van der Waals surface area contributed by atoms with Gasteiger partial charge < -0.3 is 4.74 Å². The van der Waals surface area contributed by atoms with E-state index in [1.165, 1.54) is 18.6 Å². The Bertz CT molecular complexity index is 925. The van der Waals surface area contributed by atoms with Crippen LogP contribution in [0.4, 0.5) is 0 Å². The van der Waals surface area contributed by atoms with Gasteiger partial charge in [0.1, 0.15) is 0 Å². The molecule has 130 valence electrons. The molecule has 3 aromatic rings. The van der Waals surface area contributed by atoms with Gasteiger partial charge in [0.2, 0.25) is 5.78 Å². The Balaban J connectivity index is 1.94. The molecule has 0 unspecified atom stereocenters. The van der Waals surface area contributed by atoms with Crippen LogP contribution < -0.4 is 0 Å². The Kier molecular flexibility index (Phi) is 5.17. The van der Waals surface area contributed by atoms with Crippen molar-refractivity contribution >= 4 is 11.8 Å². The lowest BCUT2D eigenvalue weighted by atomic mass is 9.97. The highest BCUT2D eigenvalue weighted by atomic mass is 16.5. The lowest BCUT2D eigenvalue weighted by Crippen LogP contribution is -2.21. The Morgan fingerprint density at radius 2 is 1.73 bits per heavy atom. The molecule has 26 heavy (non-hydrogen) atoms. The lowest BCUT2D eigenvalue weighted by molar-refractivity contribution is 0.0274. The third-order valence-electron chi connectivity index (χ3n) is 4.13. The van der Waals surface area contributed by atoms with Crippen LogP contribution in [0.2, 0.25) is 0 Å². The van der Waals surface area contributed by atoms with Gasteiger partial charge in [-0.25, -0.2) is 9.78 Å². The molecule has 0 aliphatic heterocycles. The minimum absolute atomic E-state index is 0.0568. The molecule has 0 aliphatic carbocycles. The summed E-state index contributed by atoms with van der Waals surface area (Å²) in [4.78, 5) is 33.3. The number of rotatable bonds is 5. The van der Waals surface area contributed by atoms with Crippen molar-refractivity contribution in [3.05, 3.63) is 95.1 Å². The molecule has 0 saturated carbocycles. The molecule has 1 aromatic heterocycles. The summed E-state index contributed by atoms with van der Waals surface area (Å²) < 4.78 is 5.52. The summed E-state index contributed by atoms with van der Waals surface area (Å²) in [5, 5.41) is 0. The summed E-state index contributed by atoms with van der Waals surface area (Å²) in [5.41, 5.74) is 3.25. The van der Waals surface area contributed by atoms with Crippen molar-refractivity contribution in [3.8, 4) is 0 Å². The largest absolute Gasteiger partial charge is 0.444 e. The van der Waals surface area contributed by atoms with Crippen LogP contribution in [0.1, 0.15) is 43.6 Å². The van der Waals surface area contributed by atoms with Crippen molar-refractivity contribution in [1.82, 2.24) is 9.97 Å². The van der Waals surface area contributed by atoms with Crippen molar-refractivity contribution in [2.45, 2.75) is 20.0 Å². The van der Waals surface area contributed by atoms with Crippen LogP contribution in [-0.4, -0.2) is 21.7 Å². The summed E-state index contributed by atoms with van der Waals surface area (Å²) in [6.45, 7) is 3.92. The predicted octanol–water partition coefficient (Wildman–Crippen LogP) is 3.87. The summed E-state index contributed by atoms with van der Waals surface area (Å²) in [6.07, 6.45) is 3.13. The number of aromatic nitrogens is 2. The number of hydrogen-bond acceptors (Lipinski definition) is 5. The zero-order valence-electron chi connectivity index (χ0n) is 14.5. The SMILES string of the molecule is Cc1ccc(C(=O)[C@H](OC(=O)c2cnccn2)c2ccccc2)cc1C. The number of ether oxygens (including phenoxy) is 1. The van der Waals surface area contributed by atoms with Crippen molar-refractivity contribution in [2.24, 2.45) is 0 Å². The first kappa shape index (κ1) is 17.5. The summed E-state index contributed by atoms with van der Waals surface area (Å²) in [7, 11) is 0. The zero-order chi connectivity index (χ0) is 18.5. The first-order chi connectivity index (χ1) is 12.6. The van der Waals surface area contributed by atoms with E-state index in [2.05, 4.69) is 9.97 Å². The summed E-state index contributed by atoms with van der Waals surface area (Å²) in [6, 6.07) is 14.4. The maximum Gasteiger partial charge on any atom is 0.359 e. The van der Waals surface area contributed by atoms with Gasteiger partial charge in [-0.1, -0.05) is 42.5 Å². The molecular formula is C21H18N2O3. The molecule has 3 rings (SSSR count). The second-order valence-electron chi connectivity index (χ2n) is 5.95. The van der Waals surface area contributed by atoms with E-state index in [4.69, 9.17) is 4.74 Å². The molecule has 1 heterocycles. The molecule has 2 aromatic carbocycles. The van der Waals surface area contributed by atoms with E-state index in [9.17, 15) is 9.59 Å². The van der Waals surface area contributed by atoms with Crippen molar-refractivity contribution < 1.29 is 14.3 Å². The van der Waals surface area contributed by atoms with E-state index in [0.29, 0.717) is 11.1 Å². The molecule has 0 radical (unpaired) electrons.